The first-order valence-electron chi connectivity index (χ1n) is 7.67. The van der Waals surface area contributed by atoms with Gasteiger partial charge in [0.2, 0.25) is 5.91 Å². The molecule has 1 saturated carbocycles. The first kappa shape index (κ1) is 12.5. The van der Waals surface area contributed by atoms with Crippen LogP contribution in [-0.4, -0.2) is 36.1 Å². The molecule has 0 aromatic carbocycles. The molecule has 2 saturated heterocycles. The van der Waals surface area contributed by atoms with E-state index in [2.05, 4.69) is 11.8 Å². The van der Waals surface area contributed by atoms with Crippen LogP contribution in [0.5, 0.6) is 0 Å². The number of amides is 1. The minimum absolute atomic E-state index is 0.141. The van der Waals surface area contributed by atoms with E-state index < -0.39 is 0 Å². The Bertz CT molecular complexity index is 312. The van der Waals surface area contributed by atoms with Crippen molar-refractivity contribution in [1.29, 1.82) is 0 Å². The molecule has 2 heterocycles. The monoisotopic (exact) mass is 251 g/mol. The number of fused-ring (bicyclic) bond motifs is 1. The van der Waals surface area contributed by atoms with E-state index in [0.29, 0.717) is 24.6 Å². The van der Waals surface area contributed by atoms with Gasteiger partial charge in [-0.3, -0.25) is 4.79 Å². The molecule has 3 heteroatoms. The molecular weight excluding hydrogens is 226 g/mol. The molecular formula is C15H25NO2. The van der Waals surface area contributed by atoms with E-state index in [-0.39, 0.29) is 5.92 Å². The number of carbonyl (C=O) groups excluding carboxylic acids is 1. The quantitative estimate of drug-likeness (QED) is 0.717. The van der Waals surface area contributed by atoms with Gasteiger partial charge in [0.05, 0.1) is 12.5 Å². The van der Waals surface area contributed by atoms with E-state index in [1.807, 2.05) is 0 Å². The molecule has 0 aromatic rings. The molecule has 3 rings (SSSR count). The van der Waals surface area contributed by atoms with E-state index in [1.54, 1.807) is 0 Å². The standard InChI is InChI=1S/C15H25NO2/c1-11-9-12-5-2-3-7-14(12)16(11)15(17)13-6-4-8-18-10-13/h11-14H,2-10H2,1H3. The van der Waals surface area contributed by atoms with Gasteiger partial charge < -0.3 is 9.64 Å². The Hall–Kier alpha value is -0.570. The SMILES string of the molecule is CC1CC2CCCCC2N1C(=O)C1CCCOC1. The summed E-state index contributed by atoms with van der Waals surface area (Å²) in [5, 5.41) is 0. The highest BCUT2D eigenvalue weighted by atomic mass is 16.5. The zero-order valence-electron chi connectivity index (χ0n) is 11.4. The van der Waals surface area contributed by atoms with Crippen LogP contribution in [0.3, 0.4) is 0 Å². The average Bonchev–Trinajstić information content (AvgIpc) is 2.75. The number of hydrogen-bond donors (Lipinski definition) is 0. The summed E-state index contributed by atoms with van der Waals surface area (Å²) in [5.41, 5.74) is 0. The van der Waals surface area contributed by atoms with Crippen molar-refractivity contribution in [3.63, 3.8) is 0 Å². The van der Waals surface area contributed by atoms with Crippen LogP contribution in [0.15, 0.2) is 0 Å². The van der Waals surface area contributed by atoms with Crippen molar-refractivity contribution in [2.45, 2.75) is 64.0 Å². The third-order valence-corrected chi connectivity index (χ3v) is 5.11. The Balaban J connectivity index is 1.71. The van der Waals surface area contributed by atoms with Gasteiger partial charge in [-0.25, -0.2) is 0 Å². The number of rotatable bonds is 1. The molecule has 1 amide bonds. The van der Waals surface area contributed by atoms with Crippen molar-refractivity contribution < 1.29 is 9.53 Å². The number of nitrogens with zero attached hydrogens (tertiary/aromatic N) is 1. The highest BCUT2D eigenvalue weighted by Gasteiger charge is 2.44. The van der Waals surface area contributed by atoms with Gasteiger partial charge in [-0.15, -0.1) is 0 Å². The van der Waals surface area contributed by atoms with Crippen molar-refractivity contribution in [2.24, 2.45) is 11.8 Å². The van der Waals surface area contributed by atoms with Crippen LogP contribution in [0.25, 0.3) is 0 Å². The van der Waals surface area contributed by atoms with Crippen LogP contribution >= 0.6 is 0 Å². The van der Waals surface area contributed by atoms with Crippen LogP contribution in [-0.2, 0) is 9.53 Å². The summed E-state index contributed by atoms with van der Waals surface area (Å²) >= 11 is 0. The minimum Gasteiger partial charge on any atom is -0.381 e. The maximum absolute atomic E-state index is 12.7. The number of likely N-dealkylation sites (tertiary alicyclic amines) is 1. The third-order valence-electron chi connectivity index (χ3n) is 5.11. The van der Waals surface area contributed by atoms with Crippen molar-refractivity contribution in [3.05, 3.63) is 0 Å². The second-order valence-electron chi connectivity index (χ2n) is 6.36. The summed E-state index contributed by atoms with van der Waals surface area (Å²) in [7, 11) is 0. The average molecular weight is 251 g/mol. The number of hydrogen-bond acceptors (Lipinski definition) is 2. The Labute approximate surface area is 110 Å². The Morgan fingerprint density at radius 3 is 2.78 bits per heavy atom. The van der Waals surface area contributed by atoms with Gasteiger partial charge in [0.1, 0.15) is 0 Å². The second kappa shape index (κ2) is 5.20. The Morgan fingerprint density at radius 2 is 2.00 bits per heavy atom. The fraction of sp³-hybridized carbons (Fsp3) is 0.933. The lowest BCUT2D eigenvalue weighted by Crippen LogP contribution is -2.47. The molecule has 0 aromatic heterocycles. The summed E-state index contributed by atoms with van der Waals surface area (Å²) in [4.78, 5) is 15.0. The van der Waals surface area contributed by atoms with Crippen LogP contribution in [0.2, 0.25) is 0 Å². The summed E-state index contributed by atoms with van der Waals surface area (Å²) in [6.45, 7) is 3.73. The lowest BCUT2D eigenvalue weighted by molar-refractivity contribution is -0.143. The first-order valence-corrected chi connectivity index (χ1v) is 7.67. The van der Waals surface area contributed by atoms with Crippen molar-refractivity contribution >= 4 is 5.91 Å². The molecule has 3 aliphatic rings. The lowest BCUT2D eigenvalue weighted by atomic mass is 9.84. The predicted octanol–water partition coefficient (Wildman–Crippen LogP) is 2.59. The van der Waals surface area contributed by atoms with Gasteiger partial charge in [0.15, 0.2) is 0 Å². The molecule has 4 atom stereocenters. The lowest BCUT2D eigenvalue weighted by Gasteiger charge is -2.36. The second-order valence-corrected chi connectivity index (χ2v) is 6.36. The van der Waals surface area contributed by atoms with E-state index in [4.69, 9.17) is 4.74 Å². The van der Waals surface area contributed by atoms with Crippen molar-refractivity contribution in [3.8, 4) is 0 Å². The molecule has 4 unspecified atom stereocenters. The van der Waals surface area contributed by atoms with Gasteiger partial charge in [0.25, 0.3) is 0 Å². The summed E-state index contributed by atoms with van der Waals surface area (Å²) in [6.07, 6.45) is 8.53. The zero-order valence-corrected chi connectivity index (χ0v) is 11.4. The van der Waals surface area contributed by atoms with Crippen molar-refractivity contribution in [1.82, 2.24) is 4.90 Å². The largest absolute Gasteiger partial charge is 0.381 e. The summed E-state index contributed by atoms with van der Waals surface area (Å²) < 4.78 is 5.49. The molecule has 0 N–H and O–H groups in total. The maximum atomic E-state index is 12.7. The normalized spacial score (nSPS) is 40.6. The van der Waals surface area contributed by atoms with Crippen LogP contribution in [0, 0.1) is 11.8 Å². The summed E-state index contributed by atoms with van der Waals surface area (Å²) in [6, 6.07) is 0.996. The highest BCUT2D eigenvalue weighted by molar-refractivity contribution is 5.80. The van der Waals surface area contributed by atoms with Gasteiger partial charge >= 0.3 is 0 Å². The first-order chi connectivity index (χ1) is 8.77. The number of ether oxygens (including phenoxy) is 1. The highest BCUT2D eigenvalue weighted by Crippen LogP contribution is 2.40. The molecule has 0 spiro atoms. The van der Waals surface area contributed by atoms with Crippen LogP contribution in [0.1, 0.15) is 51.9 Å². The van der Waals surface area contributed by atoms with Crippen LogP contribution < -0.4 is 0 Å². The zero-order chi connectivity index (χ0) is 12.5. The molecule has 0 bridgehead atoms. The smallest absolute Gasteiger partial charge is 0.228 e. The topological polar surface area (TPSA) is 29.5 Å². The third kappa shape index (κ3) is 2.18. The molecule has 102 valence electrons. The maximum Gasteiger partial charge on any atom is 0.228 e. The fourth-order valence-corrected chi connectivity index (χ4v) is 4.23. The van der Waals surface area contributed by atoms with Gasteiger partial charge in [-0.2, -0.15) is 0 Å². The van der Waals surface area contributed by atoms with E-state index in [9.17, 15) is 4.79 Å². The Kier molecular flexibility index (Phi) is 3.60. The van der Waals surface area contributed by atoms with Gasteiger partial charge in [-0.05, 0) is 44.9 Å². The minimum atomic E-state index is 0.141. The predicted molar refractivity (Wildman–Crippen MR) is 70.2 cm³/mol. The summed E-state index contributed by atoms with van der Waals surface area (Å²) in [5.74, 6) is 1.31. The van der Waals surface area contributed by atoms with E-state index >= 15 is 0 Å². The molecule has 18 heavy (non-hydrogen) atoms. The van der Waals surface area contributed by atoms with E-state index in [1.165, 1.54) is 32.1 Å². The molecule has 3 nitrogen and oxygen atoms in total. The molecule has 2 aliphatic heterocycles. The van der Waals surface area contributed by atoms with E-state index in [0.717, 1.165) is 25.4 Å². The number of carbonyl (C=O) groups is 1. The van der Waals surface area contributed by atoms with Gasteiger partial charge in [0, 0.05) is 18.7 Å². The molecule has 3 fully saturated rings. The van der Waals surface area contributed by atoms with Gasteiger partial charge in [-0.1, -0.05) is 12.8 Å². The Morgan fingerprint density at radius 1 is 1.17 bits per heavy atom. The van der Waals surface area contributed by atoms with Crippen LogP contribution in [0.4, 0.5) is 0 Å². The van der Waals surface area contributed by atoms with Crippen molar-refractivity contribution in [2.75, 3.05) is 13.2 Å². The molecule has 0 radical (unpaired) electrons. The molecule has 1 aliphatic carbocycles. The fourth-order valence-electron chi connectivity index (χ4n) is 4.23.